The van der Waals surface area contributed by atoms with Crippen LogP contribution >= 0.6 is 0 Å². The molecule has 1 saturated heterocycles. The minimum absolute atomic E-state index is 0.0731. The molecule has 98 valence electrons. The lowest BCUT2D eigenvalue weighted by atomic mass is 9.99. The molecule has 2 rings (SSSR count). The van der Waals surface area contributed by atoms with Gasteiger partial charge in [-0.1, -0.05) is 6.92 Å². The van der Waals surface area contributed by atoms with E-state index in [0.717, 1.165) is 17.1 Å². The fraction of sp³-hybridized carbons (Fsp3) is 0.583. The predicted octanol–water partition coefficient (Wildman–Crippen LogP) is 1.47. The van der Waals surface area contributed by atoms with Gasteiger partial charge in [0.1, 0.15) is 5.78 Å². The minimum Gasteiger partial charge on any atom is -0.323 e. The van der Waals surface area contributed by atoms with E-state index in [-0.39, 0.29) is 17.7 Å². The van der Waals surface area contributed by atoms with Crippen LogP contribution in [0.3, 0.4) is 0 Å². The summed E-state index contributed by atoms with van der Waals surface area (Å²) in [6, 6.07) is -0.165. The van der Waals surface area contributed by atoms with Gasteiger partial charge < -0.3 is 10.2 Å². The molecule has 18 heavy (non-hydrogen) atoms. The van der Waals surface area contributed by atoms with Crippen LogP contribution < -0.4 is 5.32 Å². The zero-order valence-corrected chi connectivity index (χ0v) is 10.9. The lowest BCUT2D eigenvalue weighted by Gasteiger charge is -2.30. The van der Waals surface area contributed by atoms with Gasteiger partial charge in [0.25, 0.3) is 0 Å². The van der Waals surface area contributed by atoms with Crippen LogP contribution in [0, 0.1) is 19.8 Å². The fourth-order valence-electron chi connectivity index (χ4n) is 2.12. The highest BCUT2D eigenvalue weighted by molar-refractivity contribution is 5.92. The van der Waals surface area contributed by atoms with E-state index in [4.69, 9.17) is 0 Å². The number of aryl methyl sites for hydroxylation is 2. The topological polar surface area (TPSA) is 78.1 Å². The average Bonchev–Trinajstić information content (AvgIpc) is 2.64. The molecular weight excluding hydrogens is 232 g/mol. The number of carbonyl (C=O) groups excluding carboxylic acids is 2. The van der Waals surface area contributed by atoms with Gasteiger partial charge in [0.2, 0.25) is 0 Å². The highest BCUT2D eigenvalue weighted by Gasteiger charge is 2.27. The molecule has 2 amide bonds. The summed E-state index contributed by atoms with van der Waals surface area (Å²) < 4.78 is 0. The summed E-state index contributed by atoms with van der Waals surface area (Å²) in [5.74, 6) is 0.158. The van der Waals surface area contributed by atoms with Gasteiger partial charge in [-0.2, -0.15) is 5.10 Å². The number of aromatic nitrogens is 2. The number of H-pyrrole nitrogens is 1. The molecule has 1 atom stereocenters. The maximum Gasteiger partial charge on any atom is 0.321 e. The van der Waals surface area contributed by atoms with Gasteiger partial charge >= 0.3 is 6.03 Å². The Bertz CT molecular complexity index is 461. The Morgan fingerprint density at radius 3 is 2.78 bits per heavy atom. The highest BCUT2D eigenvalue weighted by Crippen LogP contribution is 2.18. The van der Waals surface area contributed by atoms with E-state index in [1.165, 1.54) is 0 Å². The summed E-state index contributed by atoms with van der Waals surface area (Å²) in [7, 11) is 0. The maximum absolute atomic E-state index is 12.1. The molecule has 2 N–H and O–H groups in total. The van der Waals surface area contributed by atoms with Gasteiger partial charge in [-0.05, 0) is 13.8 Å². The number of hydrogen-bond donors (Lipinski definition) is 2. The van der Waals surface area contributed by atoms with Crippen LogP contribution in [0.1, 0.15) is 24.7 Å². The maximum atomic E-state index is 12.1. The van der Waals surface area contributed by atoms with Crippen molar-refractivity contribution in [1.82, 2.24) is 15.1 Å². The van der Waals surface area contributed by atoms with Crippen molar-refractivity contribution in [2.24, 2.45) is 5.92 Å². The third-order valence-electron chi connectivity index (χ3n) is 3.32. The molecule has 0 aliphatic carbocycles. The van der Waals surface area contributed by atoms with Crippen LogP contribution in [-0.2, 0) is 4.79 Å². The second-order valence-corrected chi connectivity index (χ2v) is 4.80. The summed E-state index contributed by atoms with van der Waals surface area (Å²) in [6.07, 6.45) is 0.442. The monoisotopic (exact) mass is 250 g/mol. The number of aromatic amines is 1. The quantitative estimate of drug-likeness (QED) is 0.792. The fourth-order valence-corrected chi connectivity index (χ4v) is 2.12. The van der Waals surface area contributed by atoms with Gasteiger partial charge in [0, 0.05) is 25.4 Å². The first-order valence-electron chi connectivity index (χ1n) is 6.09. The first-order valence-corrected chi connectivity index (χ1v) is 6.09. The van der Waals surface area contributed by atoms with Gasteiger partial charge in [0.05, 0.1) is 17.1 Å². The number of nitrogens with one attached hydrogen (secondary N) is 2. The lowest BCUT2D eigenvalue weighted by Crippen LogP contribution is -2.45. The van der Waals surface area contributed by atoms with E-state index >= 15 is 0 Å². The normalized spacial score (nSPS) is 20.1. The summed E-state index contributed by atoms with van der Waals surface area (Å²) in [5.41, 5.74) is 2.33. The molecule has 1 fully saturated rings. The minimum atomic E-state index is -0.165. The molecule has 0 aromatic carbocycles. The summed E-state index contributed by atoms with van der Waals surface area (Å²) >= 11 is 0. The summed E-state index contributed by atoms with van der Waals surface area (Å²) in [5, 5.41) is 9.70. The molecule has 1 unspecified atom stereocenters. The Hall–Kier alpha value is -1.85. The van der Waals surface area contributed by atoms with Crippen LogP contribution in [0.2, 0.25) is 0 Å². The number of carbonyl (C=O) groups is 2. The lowest BCUT2D eigenvalue weighted by molar-refractivity contribution is -0.124. The van der Waals surface area contributed by atoms with E-state index in [1.807, 2.05) is 20.8 Å². The van der Waals surface area contributed by atoms with Crippen molar-refractivity contribution in [2.75, 3.05) is 18.4 Å². The Kier molecular flexibility index (Phi) is 3.36. The predicted molar refractivity (Wildman–Crippen MR) is 67.4 cm³/mol. The van der Waals surface area contributed by atoms with Gasteiger partial charge in [-0.3, -0.25) is 9.89 Å². The molecule has 6 heteroatoms. The number of hydrogen-bond acceptors (Lipinski definition) is 3. The van der Waals surface area contributed by atoms with E-state index in [2.05, 4.69) is 15.5 Å². The molecule has 1 aromatic heterocycles. The summed E-state index contributed by atoms with van der Waals surface area (Å²) in [6.45, 7) is 6.53. The van der Waals surface area contributed by atoms with E-state index in [0.29, 0.717) is 19.5 Å². The third kappa shape index (κ3) is 2.37. The second kappa shape index (κ2) is 4.80. The van der Waals surface area contributed by atoms with Gasteiger partial charge in [-0.15, -0.1) is 0 Å². The van der Waals surface area contributed by atoms with Crippen LogP contribution in [0.4, 0.5) is 10.5 Å². The molecule has 0 spiro atoms. The SMILES string of the molecule is Cc1n[nH]c(C)c1NC(=O)N1CCC(=O)C(C)C1. The number of amides is 2. The number of likely N-dealkylation sites (tertiary alicyclic amines) is 1. The average molecular weight is 250 g/mol. The van der Waals surface area contributed by atoms with E-state index in [1.54, 1.807) is 4.90 Å². The number of nitrogens with zero attached hydrogens (tertiary/aromatic N) is 2. The van der Waals surface area contributed by atoms with Crippen LogP contribution in [0.5, 0.6) is 0 Å². The number of ketones is 1. The van der Waals surface area contributed by atoms with Crippen LogP contribution in [0.25, 0.3) is 0 Å². The first kappa shape index (κ1) is 12.6. The van der Waals surface area contributed by atoms with Gasteiger partial charge in [-0.25, -0.2) is 4.79 Å². The number of anilines is 1. The zero-order chi connectivity index (χ0) is 13.3. The molecule has 1 aliphatic heterocycles. The number of Topliss-reactive ketones (excluding diaryl/α,β-unsaturated/α-hetero) is 1. The largest absolute Gasteiger partial charge is 0.323 e. The van der Waals surface area contributed by atoms with Crippen molar-refractivity contribution in [1.29, 1.82) is 0 Å². The Morgan fingerprint density at radius 1 is 1.50 bits per heavy atom. The van der Waals surface area contributed by atoms with E-state index < -0.39 is 0 Å². The van der Waals surface area contributed by atoms with Crippen molar-refractivity contribution in [3.63, 3.8) is 0 Å². The molecule has 0 radical (unpaired) electrons. The van der Waals surface area contributed by atoms with Crippen LogP contribution in [0.15, 0.2) is 0 Å². The van der Waals surface area contributed by atoms with Crippen molar-refractivity contribution in [2.45, 2.75) is 27.2 Å². The Labute approximate surface area is 106 Å². The Balaban J connectivity index is 2.03. The molecular formula is C12H18N4O2. The number of urea groups is 1. The molecule has 0 bridgehead atoms. The van der Waals surface area contributed by atoms with Crippen molar-refractivity contribution < 1.29 is 9.59 Å². The zero-order valence-electron chi connectivity index (χ0n) is 10.9. The van der Waals surface area contributed by atoms with Crippen molar-refractivity contribution in [3.8, 4) is 0 Å². The molecule has 6 nitrogen and oxygen atoms in total. The van der Waals surface area contributed by atoms with Crippen LogP contribution in [-0.4, -0.2) is 40.0 Å². The van der Waals surface area contributed by atoms with Crippen molar-refractivity contribution in [3.05, 3.63) is 11.4 Å². The summed E-state index contributed by atoms with van der Waals surface area (Å²) in [4.78, 5) is 25.2. The second-order valence-electron chi connectivity index (χ2n) is 4.80. The number of piperidine rings is 1. The number of rotatable bonds is 1. The van der Waals surface area contributed by atoms with Crippen molar-refractivity contribution >= 4 is 17.5 Å². The standard InChI is InChI=1S/C12H18N4O2/c1-7-6-16(5-4-10(7)17)12(18)13-11-8(2)14-15-9(11)3/h7H,4-6H2,1-3H3,(H,13,18)(H,14,15). The molecule has 0 saturated carbocycles. The Morgan fingerprint density at radius 2 is 2.22 bits per heavy atom. The molecule has 2 heterocycles. The smallest absolute Gasteiger partial charge is 0.321 e. The van der Waals surface area contributed by atoms with Gasteiger partial charge in [0.15, 0.2) is 0 Å². The highest BCUT2D eigenvalue weighted by atomic mass is 16.2. The third-order valence-corrected chi connectivity index (χ3v) is 3.32. The first-order chi connectivity index (χ1) is 8.49. The molecule has 1 aliphatic rings. The van der Waals surface area contributed by atoms with E-state index in [9.17, 15) is 9.59 Å². The molecule has 1 aromatic rings.